The van der Waals surface area contributed by atoms with Gasteiger partial charge in [-0.2, -0.15) is 0 Å². The Morgan fingerprint density at radius 2 is 1.52 bits per heavy atom. The van der Waals surface area contributed by atoms with E-state index in [1.807, 2.05) is 29.2 Å². The molecule has 4 rings (SSSR count). The fourth-order valence-corrected chi connectivity index (χ4v) is 6.12. The van der Waals surface area contributed by atoms with Gasteiger partial charge in [0.05, 0.1) is 11.3 Å². The van der Waals surface area contributed by atoms with Crippen molar-refractivity contribution in [3.8, 4) is 0 Å². The summed E-state index contributed by atoms with van der Waals surface area (Å²) in [6.07, 6.45) is 9.05. The topological polar surface area (TPSA) is 55.9 Å². The summed E-state index contributed by atoms with van der Waals surface area (Å²) >= 11 is 1.48. The van der Waals surface area contributed by atoms with Crippen LogP contribution in [-0.4, -0.2) is 91.2 Å². The molecule has 2 heterocycles. The van der Waals surface area contributed by atoms with Crippen LogP contribution in [0.25, 0.3) is 0 Å². The van der Waals surface area contributed by atoms with E-state index in [9.17, 15) is 9.59 Å². The summed E-state index contributed by atoms with van der Waals surface area (Å²) in [5.41, 5.74) is 0.730. The summed E-state index contributed by atoms with van der Waals surface area (Å²) in [7, 11) is 0. The van der Waals surface area contributed by atoms with Gasteiger partial charge in [0.2, 0.25) is 5.91 Å². The van der Waals surface area contributed by atoms with Gasteiger partial charge in [0, 0.05) is 50.7 Å². The van der Waals surface area contributed by atoms with Crippen molar-refractivity contribution in [1.29, 1.82) is 0 Å². The van der Waals surface area contributed by atoms with Gasteiger partial charge in [-0.15, -0.1) is 11.8 Å². The van der Waals surface area contributed by atoms with Gasteiger partial charge < -0.3 is 15.1 Å². The van der Waals surface area contributed by atoms with Crippen LogP contribution in [0.3, 0.4) is 0 Å². The fraction of sp³-hybridized carbons (Fsp3) is 0.692. The van der Waals surface area contributed by atoms with Crippen LogP contribution in [0.2, 0.25) is 0 Å². The second-order valence-electron chi connectivity index (χ2n) is 9.78. The van der Waals surface area contributed by atoms with Crippen molar-refractivity contribution in [2.45, 2.75) is 49.8 Å². The molecule has 1 N–H and O–H groups in total. The largest absolute Gasteiger partial charge is 0.355 e. The zero-order valence-corrected chi connectivity index (χ0v) is 20.8. The average molecular weight is 473 g/mol. The lowest BCUT2D eigenvalue weighted by Gasteiger charge is -2.35. The summed E-state index contributed by atoms with van der Waals surface area (Å²) in [4.78, 5) is 33.6. The molecule has 33 heavy (non-hydrogen) atoms. The molecule has 2 aliphatic heterocycles. The molecule has 6 nitrogen and oxygen atoms in total. The minimum atomic E-state index is 0.0689. The van der Waals surface area contributed by atoms with Gasteiger partial charge in [0.25, 0.3) is 5.91 Å². The average Bonchev–Trinajstić information content (AvgIpc) is 3.39. The highest BCUT2D eigenvalue weighted by molar-refractivity contribution is 8.00. The highest BCUT2D eigenvalue weighted by atomic mass is 32.2. The van der Waals surface area contributed by atoms with E-state index in [0.717, 1.165) is 56.3 Å². The lowest BCUT2D eigenvalue weighted by atomic mass is 9.89. The first-order chi connectivity index (χ1) is 16.2. The van der Waals surface area contributed by atoms with Gasteiger partial charge in [-0.25, -0.2) is 0 Å². The third kappa shape index (κ3) is 7.46. The Hall–Kier alpha value is -1.57. The molecule has 0 spiro atoms. The summed E-state index contributed by atoms with van der Waals surface area (Å²) in [5, 5.41) is 3.11. The van der Waals surface area contributed by atoms with Crippen LogP contribution >= 0.6 is 11.8 Å². The van der Waals surface area contributed by atoms with Crippen LogP contribution in [-0.2, 0) is 4.79 Å². The molecule has 2 amide bonds. The van der Waals surface area contributed by atoms with E-state index in [1.54, 1.807) is 0 Å². The minimum Gasteiger partial charge on any atom is -0.355 e. The number of benzene rings is 1. The Morgan fingerprint density at radius 1 is 0.848 bits per heavy atom. The van der Waals surface area contributed by atoms with Crippen molar-refractivity contribution < 1.29 is 9.59 Å². The highest BCUT2D eigenvalue weighted by Gasteiger charge is 2.24. The van der Waals surface area contributed by atoms with Gasteiger partial charge in [-0.05, 0) is 56.8 Å². The van der Waals surface area contributed by atoms with Crippen molar-refractivity contribution in [2.24, 2.45) is 5.92 Å². The molecule has 7 heteroatoms. The van der Waals surface area contributed by atoms with Gasteiger partial charge >= 0.3 is 0 Å². The molecular weight excluding hydrogens is 432 g/mol. The molecule has 1 aromatic rings. The Balaban J connectivity index is 1.22. The maximum atomic E-state index is 13.3. The molecule has 0 unspecified atom stereocenters. The van der Waals surface area contributed by atoms with Crippen molar-refractivity contribution >= 4 is 23.6 Å². The molecule has 1 saturated carbocycles. The van der Waals surface area contributed by atoms with Crippen LogP contribution in [0.15, 0.2) is 29.2 Å². The number of carbonyl (C=O) groups is 2. The zero-order valence-electron chi connectivity index (χ0n) is 20.0. The Morgan fingerprint density at radius 3 is 2.24 bits per heavy atom. The number of likely N-dealkylation sites (tertiary alicyclic amines) is 1. The standard InChI is InChI=1S/C26H40N4O2S/c31-25(27-20-22-8-2-1-3-9-22)21-33-24-11-5-4-10-23(24)26(32)30-18-16-29(17-19-30)15-14-28-12-6-7-13-28/h4-5,10-11,22H,1-3,6-9,12-21H2,(H,27,31). The van der Waals surface area contributed by atoms with E-state index in [-0.39, 0.29) is 11.8 Å². The number of nitrogens with one attached hydrogen (secondary N) is 1. The first-order valence-electron chi connectivity index (χ1n) is 12.9. The molecule has 3 fully saturated rings. The normalized spacial score (nSPS) is 20.8. The quantitative estimate of drug-likeness (QED) is 0.559. The molecule has 0 bridgehead atoms. The van der Waals surface area contributed by atoms with Crippen molar-refractivity contribution in [3.63, 3.8) is 0 Å². The van der Waals surface area contributed by atoms with Gasteiger partial charge in [-0.1, -0.05) is 31.4 Å². The van der Waals surface area contributed by atoms with Gasteiger partial charge in [0.1, 0.15) is 0 Å². The van der Waals surface area contributed by atoms with Crippen LogP contribution in [0, 0.1) is 5.92 Å². The van der Waals surface area contributed by atoms with E-state index in [2.05, 4.69) is 15.1 Å². The number of thioether (sulfide) groups is 1. The predicted octanol–water partition coefficient (Wildman–Crippen LogP) is 3.33. The summed E-state index contributed by atoms with van der Waals surface area (Å²) in [6.45, 7) is 8.97. The highest BCUT2D eigenvalue weighted by Crippen LogP contribution is 2.25. The van der Waals surface area contributed by atoms with E-state index in [4.69, 9.17) is 0 Å². The SMILES string of the molecule is O=C(CSc1ccccc1C(=O)N1CCN(CCN2CCCC2)CC1)NCC1CCCCC1. The lowest BCUT2D eigenvalue weighted by Crippen LogP contribution is -2.50. The number of hydrogen-bond donors (Lipinski definition) is 1. The van der Waals surface area contributed by atoms with Crippen molar-refractivity contribution in [1.82, 2.24) is 20.0 Å². The third-order valence-electron chi connectivity index (χ3n) is 7.38. The monoisotopic (exact) mass is 472 g/mol. The Bertz CT molecular complexity index is 769. The molecule has 3 aliphatic rings. The summed E-state index contributed by atoms with van der Waals surface area (Å²) in [5.74, 6) is 1.16. The van der Waals surface area contributed by atoms with E-state index in [1.165, 1.54) is 69.8 Å². The molecule has 182 valence electrons. The number of amides is 2. The van der Waals surface area contributed by atoms with E-state index in [0.29, 0.717) is 11.7 Å². The smallest absolute Gasteiger partial charge is 0.255 e. The summed E-state index contributed by atoms with van der Waals surface area (Å²) in [6, 6.07) is 7.75. The van der Waals surface area contributed by atoms with Crippen LogP contribution in [0.4, 0.5) is 0 Å². The van der Waals surface area contributed by atoms with Crippen LogP contribution in [0.5, 0.6) is 0 Å². The minimum absolute atomic E-state index is 0.0689. The number of hydrogen-bond acceptors (Lipinski definition) is 5. The van der Waals surface area contributed by atoms with Crippen LogP contribution in [0.1, 0.15) is 55.3 Å². The third-order valence-corrected chi connectivity index (χ3v) is 8.45. The Kier molecular flexibility index (Phi) is 9.50. The predicted molar refractivity (Wildman–Crippen MR) is 135 cm³/mol. The number of piperazine rings is 1. The maximum absolute atomic E-state index is 13.3. The van der Waals surface area contributed by atoms with E-state index < -0.39 is 0 Å². The molecule has 0 atom stereocenters. The molecule has 0 aromatic heterocycles. The Labute approximate surface area is 203 Å². The molecule has 1 aliphatic carbocycles. The second-order valence-corrected chi connectivity index (χ2v) is 10.8. The van der Waals surface area contributed by atoms with Crippen LogP contribution < -0.4 is 5.32 Å². The van der Waals surface area contributed by atoms with E-state index >= 15 is 0 Å². The number of rotatable bonds is 9. The van der Waals surface area contributed by atoms with Gasteiger partial charge in [0.15, 0.2) is 0 Å². The lowest BCUT2D eigenvalue weighted by molar-refractivity contribution is -0.118. The zero-order chi connectivity index (χ0) is 22.9. The molecule has 0 radical (unpaired) electrons. The molecule has 2 saturated heterocycles. The van der Waals surface area contributed by atoms with Crippen molar-refractivity contribution in [2.75, 3.05) is 64.7 Å². The molecular formula is C26H40N4O2S. The fourth-order valence-electron chi connectivity index (χ4n) is 5.25. The first kappa shape index (κ1) is 24.6. The number of carbonyl (C=O) groups excluding carboxylic acids is 2. The van der Waals surface area contributed by atoms with Gasteiger partial charge in [-0.3, -0.25) is 14.5 Å². The maximum Gasteiger partial charge on any atom is 0.255 e. The van der Waals surface area contributed by atoms with Crippen molar-refractivity contribution in [3.05, 3.63) is 29.8 Å². The molecule has 1 aromatic carbocycles. The number of nitrogens with zero attached hydrogens (tertiary/aromatic N) is 3. The first-order valence-corrected chi connectivity index (χ1v) is 13.9. The second kappa shape index (κ2) is 12.8. The summed E-state index contributed by atoms with van der Waals surface area (Å²) < 4.78 is 0.